The summed E-state index contributed by atoms with van der Waals surface area (Å²) in [6, 6.07) is 21.9. The van der Waals surface area contributed by atoms with Gasteiger partial charge < -0.3 is 20.5 Å². The van der Waals surface area contributed by atoms with Gasteiger partial charge in [-0.25, -0.2) is 0 Å². The molecule has 3 rings (SSSR count). The number of carbonyl (C=O) groups excluding carboxylic acids is 2. The van der Waals surface area contributed by atoms with Gasteiger partial charge in [0, 0.05) is 5.56 Å². The first kappa shape index (κ1) is 21.2. The SMILES string of the molecule is COc1cc(C(=O)NC(c2ccccc2)c2ccccc2)cc(Cl)c1OCC(N)=O. The van der Waals surface area contributed by atoms with Crippen molar-refractivity contribution in [3.63, 3.8) is 0 Å². The molecule has 0 saturated heterocycles. The van der Waals surface area contributed by atoms with Crippen LogP contribution in [0.1, 0.15) is 27.5 Å². The highest BCUT2D eigenvalue weighted by Crippen LogP contribution is 2.36. The molecule has 3 aromatic rings. The third-order valence-electron chi connectivity index (χ3n) is 4.39. The maximum Gasteiger partial charge on any atom is 0.255 e. The lowest BCUT2D eigenvalue weighted by atomic mass is 9.98. The largest absolute Gasteiger partial charge is 0.493 e. The molecule has 0 aliphatic carbocycles. The van der Waals surface area contributed by atoms with E-state index >= 15 is 0 Å². The highest BCUT2D eigenvalue weighted by atomic mass is 35.5. The van der Waals surface area contributed by atoms with Crippen molar-refractivity contribution in [2.75, 3.05) is 13.7 Å². The molecule has 2 amide bonds. The van der Waals surface area contributed by atoms with Crippen LogP contribution in [0.15, 0.2) is 72.8 Å². The van der Waals surface area contributed by atoms with E-state index in [0.717, 1.165) is 11.1 Å². The van der Waals surface area contributed by atoms with Gasteiger partial charge in [0.2, 0.25) is 0 Å². The zero-order valence-electron chi connectivity index (χ0n) is 16.3. The second kappa shape index (κ2) is 9.80. The Morgan fingerprint density at radius 1 is 1.00 bits per heavy atom. The summed E-state index contributed by atoms with van der Waals surface area (Å²) in [5, 5.41) is 3.18. The van der Waals surface area contributed by atoms with Crippen molar-refractivity contribution in [2.24, 2.45) is 5.73 Å². The van der Waals surface area contributed by atoms with Gasteiger partial charge in [0.25, 0.3) is 11.8 Å². The standard InChI is InChI=1S/C23H21ClN2O4/c1-29-19-13-17(12-18(24)22(19)30-14-20(25)27)23(28)26-21(15-8-4-2-5-9-15)16-10-6-3-7-11-16/h2-13,21H,14H2,1H3,(H2,25,27)(H,26,28). The summed E-state index contributed by atoms with van der Waals surface area (Å²) in [4.78, 5) is 24.1. The summed E-state index contributed by atoms with van der Waals surface area (Å²) in [5.41, 5.74) is 7.29. The number of nitrogens with two attached hydrogens (primary N) is 1. The van der Waals surface area contributed by atoms with Crippen LogP contribution in [0.5, 0.6) is 11.5 Å². The number of hydrogen-bond donors (Lipinski definition) is 2. The average Bonchev–Trinajstić information content (AvgIpc) is 2.77. The molecule has 0 atom stereocenters. The zero-order valence-corrected chi connectivity index (χ0v) is 17.1. The molecule has 0 fully saturated rings. The fourth-order valence-electron chi connectivity index (χ4n) is 3.00. The van der Waals surface area contributed by atoms with Crippen molar-refractivity contribution in [3.05, 3.63) is 94.5 Å². The van der Waals surface area contributed by atoms with Crippen LogP contribution in [0.25, 0.3) is 0 Å². The molecule has 0 aromatic heterocycles. The number of primary amides is 1. The molecule has 0 radical (unpaired) electrons. The van der Waals surface area contributed by atoms with Crippen molar-refractivity contribution in [1.82, 2.24) is 5.32 Å². The summed E-state index contributed by atoms with van der Waals surface area (Å²) in [6.45, 7) is -0.355. The molecule has 0 bridgehead atoms. The van der Waals surface area contributed by atoms with Crippen LogP contribution < -0.4 is 20.5 Å². The van der Waals surface area contributed by atoms with Crippen LogP contribution in [0, 0.1) is 0 Å². The topological polar surface area (TPSA) is 90.7 Å². The second-order valence-electron chi connectivity index (χ2n) is 6.47. The maximum absolute atomic E-state index is 13.1. The van der Waals surface area contributed by atoms with E-state index in [2.05, 4.69) is 5.32 Å². The predicted molar refractivity (Wildman–Crippen MR) is 115 cm³/mol. The van der Waals surface area contributed by atoms with E-state index in [4.69, 9.17) is 26.8 Å². The summed E-state index contributed by atoms with van der Waals surface area (Å²) in [6.07, 6.45) is 0. The summed E-state index contributed by atoms with van der Waals surface area (Å²) in [7, 11) is 1.42. The zero-order chi connectivity index (χ0) is 21.5. The van der Waals surface area contributed by atoms with Crippen LogP contribution >= 0.6 is 11.6 Å². The Kier molecular flexibility index (Phi) is 6.93. The number of halogens is 1. The van der Waals surface area contributed by atoms with E-state index in [1.54, 1.807) is 0 Å². The first-order valence-electron chi connectivity index (χ1n) is 9.19. The lowest BCUT2D eigenvalue weighted by molar-refractivity contribution is -0.119. The van der Waals surface area contributed by atoms with Gasteiger partial charge in [-0.15, -0.1) is 0 Å². The smallest absolute Gasteiger partial charge is 0.255 e. The van der Waals surface area contributed by atoms with E-state index in [1.807, 2.05) is 60.7 Å². The lowest BCUT2D eigenvalue weighted by Crippen LogP contribution is -2.29. The van der Waals surface area contributed by atoms with Crippen molar-refractivity contribution < 1.29 is 19.1 Å². The predicted octanol–water partition coefficient (Wildman–Crippen LogP) is 3.73. The molecule has 30 heavy (non-hydrogen) atoms. The number of benzene rings is 3. The second-order valence-corrected chi connectivity index (χ2v) is 6.88. The molecule has 0 saturated carbocycles. The molecule has 7 heteroatoms. The van der Waals surface area contributed by atoms with Crippen molar-refractivity contribution in [2.45, 2.75) is 6.04 Å². The van der Waals surface area contributed by atoms with Gasteiger partial charge in [-0.3, -0.25) is 9.59 Å². The average molecular weight is 425 g/mol. The van der Waals surface area contributed by atoms with Crippen LogP contribution in [-0.4, -0.2) is 25.5 Å². The van der Waals surface area contributed by atoms with Gasteiger partial charge in [-0.1, -0.05) is 72.3 Å². The van der Waals surface area contributed by atoms with E-state index in [0.29, 0.717) is 5.56 Å². The Labute approximate surface area is 179 Å². The lowest BCUT2D eigenvalue weighted by Gasteiger charge is -2.20. The van der Waals surface area contributed by atoms with Gasteiger partial charge in [-0.2, -0.15) is 0 Å². The van der Waals surface area contributed by atoms with E-state index in [9.17, 15) is 9.59 Å². The monoisotopic (exact) mass is 424 g/mol. The Morgan fingerprint density at radius 2 is 1.57 bits per heavy atom. The molecular formula is C23H21ClN2O4. The minimum absolute atomic E-state index is 0.136. The van der Waals surface area contributed by atoms with Crippen LogP contribution in [-0.2, 0) is 4.79 Å². The van der Waals surface area contributed by atoms with Crippen LogP contribution in [0.2, 0.25) is 5.02 Å². The first-order chi connectivity index (χ1) is 14.5. The Hall–Kier alpha value is -3.51. The van der Waals surface area contributed by atoms with E-state index in [-0.39, 0.29) is 35.1 Å². The van der Waals surface area contributed by atoms with Gasteiger partial charge in [0.05, 0.1) is 18.2 Å². The normalized spacial score (nSPS) is 10.5. The molecule has 0 heterocycles. The van der Waals surface area contributed by atoms with Crippen molar-refractivity contribution in [1.29, 1.82) is 0 Å². The fourth-order valence-corrected chi connectivity index (χ4v) is 3.26. The maximum atomic E-state index is 13.1. The highest BCUT2D eigenvalue weighted by Gasteiger charge is 2.21. The molecule has 6 nitrogen and oxygen atoms in total. The number of rotatable bonds is 8. The van der Waals surface area contributed by atoms with Gasteiger partial charge >= 0.3 is 0 Å². The first-order valence-corrected chi connectivity index (χ1v) is 9.56. The van der Waals surface area contributed by atoms with Gasteiger partial charge in [0.15, 0.2) is 18.1 Å². The number of carbonyl (C=O) groups is 2. The fraction of sp³-hybridized carbons (Fsp3) is 0.130. The third-order valence-corrected chi connectivity index (χ3v) is 4.67. The molecule has 3 N–H and O–H groups in total. The van der Waals surface area contributed by atoms with Crippen LogP contribution in [0.3, 0.4) is 0 Å². The third kappa shape index (κ3) is 5.10. The number of nitrogens with one attached hydrogen (secondary N) is 1. The minimum atomic E-state index is -0.650. The summed E-state index contributed by atoms with van der Waals surface area (Å²) in [5.74, 6) is -0.611. The van der Waals surface area contributed by atoms with Crippen molar-refractivity contribution in [3.8, 4) is 11.5 Å². The molecule has 0 aliphatic heterocycles. The molecule has 154 valence electrons. The number of amides is 2. The Bertz CT molecular complexity index is 987. The molecule has 3 aromatic carbocycles. The van der Waals surface area contributed by atoms with Crippen LogP contribution in [0.4, 0.5) is 0 Å². The van der Waals surface area contributed by atoms with E-state index < -0.39 is 5.91 Å². The molecule has 0 aliphatic rings. The summed E-state index contributed by atoms with van der Waals surface area (Å²) >= 11 is 6.27. The number of ether oxygens (including phenoxy) is 2. The van der Waals surface area contributed by atoms with Gasteiger partial charge in [-0.05, 0) is 23.3 Å². The number of hydrogen-bond acceptors (Lipinski definition) is 4. The van der Waals surface area contributed by atoms with E-state index in [1.165, 1.54) is 19.2 Å². The Balaban J connectivity index is 1.91. The molecule has 0 spiro atoms. The Morgan fingerprint density at radius 3 is 2.07 bits per heavy atom. The highest BCUT2D eigenvalue weighted by molar-refractivity contribution is 6.32. The molecular weight excluding hydrogens is 404 g/mol. The minimum Gasteiger partial charge on any atom is -0.493 e. The quantitative estimate of drug-likeness (QED) is 0.576. The summed E-state index contributed by atoms with van der Waals surface area (Å²) < 4.78 is 10.6. The number of methoxy groups -OCH3 is 1. The molecule has 0 unspecified atom stereocenters. The van der Waals surface area contributed by atoms with Crippen molar-refractivity contribution >= 4 is 23.4 Å². The van der Waals surface area contributed by atoms with Gasteiger partial charge in [0.1, 0.15) is 0 Å².